The number of nitrogens with zero attached hydrogens (tertiary/aromatic N) is 2. The van der Waals surface area contributed by atoms with Crippen LogP contribution in [0.2, 0.25) is 0 Å². The van der Waals surface area contributed by atoms with Crippen LogP contribution in [0.3, 0.4) is 0 Å². The molecule has 0 atom stereocenters. The molecule has 0 aliphatic carbocycles. The highest BCUT2D eigenvalue weighted by Crippen LogP contribution is 1.95. The summed E-state index contributed by atoms with van der Waals surface area (Å²) in [5, 5.41) is 11.0. The van der Waals surface area contributed by atoms with E-state index in [1.165, 1.54) is 0 Å². The van der Waals surface area contributed by atoms with Gasteiger partial charge in [0.15, 0.2) is 0 Å². The molecule has 72 valence electrons. The number of hydrogen-bond acceptors (Lipinski definition) is 3. The summed E-state index contributed by atoms with van der Waals surface area (Å²) in [6.07, 6.45) is 3.89. The Morgan fingerprint density at radius 2 is 2.21 bits per heavy atom. The average molecular weight is 189 g/mol. The predicted molar refractivity (Wildman–Crippen MR) is 50.9 cm³/mol. The second kappa shape index (κ2) is 5.70. The Labute approximate surface area is 82.6 Å². The molecule has 0 aromatic carbocycles. The van der Waals surface area contributed by atoms with Crippen LogP contribution in [-0.4, -0.2) is 10.9 Å². The maximum absolute atomic E-state index is 11.1. The Bertz CT molecular complexity index is 329. The fraction of sp³-hybridized carbons (Fsp3) is 0.300. The van der Waals surface area contributed by atoms with Crippen molar-refractivity contribution in [3.05, 3.63) is 30.1 Å². The molecule has 0 radical (unpaired) electrons. The van der Waals surface area contributed by atoms with E-state index < -0.39 is 0 Å². The standard InChI is InChI=1S/C10H11N3O/c11-5-1-2-10(14)13-8-9-3-6-12-7-4-9/h3-4,6-7H,1-2,8H2,(H,13,14). The number of nitriles is 1. The van der Waals surface area contributed by atoms with Crippen molar-refractivity contribution < 1.29 is 4.79 Å². The smallest absolute Gasteiger partial charge is 0.221 e. The minimum absolute atomic E-state index is 0.0941. The first-order valence-corrected chi connectivity index (χ1v) is 4.35. The van der Waals surface area contributed by atoms with E-state index in [2.05, 4.69) is 10.3 Å². The molecule has 1 rings (SSSR count). The quantitative estimate of drug-likeness (QED) is 0.768. The Morgan fingerprint density at radius 3 is 2.86 bits per heavy atom. The number of carbonyl (C=O) groups excluding carboxylic acids is 1. The van der Waals surface area contributed by atoms with Crippen molar-refractivity contribution in [2.75, 3.05) is 0 Å². The van der Waals surface area contributed by atoms with Crippen molar-refractivity contribution in [1.82, 2.24) is 10.3 Å². The summed E-state index contributed by atoms with van der Waals surface area (Å²) < 4.78 is 0. The number of nitrogens with one attached hydrogen (secondary N) is 1. The van der Waals surface area contributed by atoms with Gasteiger partial charge >= 0.3 is 0 Å². The molecule has 0 fully saturated rings. The zero-order valence-corrected chi connectivity index (χ0v) is 7.73. The van der Waals surface area contributed by atoms with Crippen LogP contribution in [0.4, 0.5) is 0 Å². The molecule has 1 N–H and O–H groups in total. The summed E-state index contributed by atoms with van der Waals surface area (Å²) >= 11 is 0. The fourth-order valence-electron chi connectivity index (χ4n) is 0.959. The van der Waals surface area contributed by atoms with Crippen molar-refractivity contribution in [3.8, 4) is 6.07 Å². The average Bonchev–Trinajstić information content (AvgIpc) is 2.25. The van der Waals surface area contributed by atoms with Gasteiger partial charge in [-0.2, -0.15) is 5.26 Å². The minimum Gasteiger partial charge on any atom is -0.352 e. The number of pyridine rings is 1. The van der Waals surface area contributed by atoms with Gasteiger partial charge < -0.3 is 5.32 Å². The molecule has 1 amide bonds. The normalized spacial score (nSPS) is 9.07. The van der Waals surface area contributed by atoms with Crippen molar-refractivity contribution in [2.45, 2.75) is 19.4 Å². The topological polar surface area (TPSA) is 65.8 Å². The van der Waals surface area contributed by atoms with E-state index in [1.54, 1.807) is 12.4 Å². The van der Waals surface area contributed by atoms with E-state index in [1.807, 2.05) is 18.2 Å². The lowest BCUT2D eigenvalue weighted by Crippen LogP contribution is -2.22. The van der Waals surface area contributed by atoms with Gasteiger partial charge in [0, 0.05) is 31.8 Å². The minimum atomic E-state index is -0.0941. The monoisotopic (exact) mass is 189 g/mol. The molecule has 14 heavy (non-hydrogen) atoms. The van der Waals surface area contributed by atoms with Crippen molar-refractivity contribution in [3.63, 3.8) is 0 Å². The lowest BCUT2D eigenvalue weighted by atomic mass is 10.2. The summed E-state index contributed by atoms with van der Waals surface area (Å²) in [6.45, 7) is 0.493. The zero-order valence-electron chi connectivity index (χ0n) is 7.73. The summed E-state index contributed by atoms with van der Waals surface area (Å²) in [6, 6.07) is 5.60. The molecule has 0 saturated heterocycles. The van der Waals surface area contributed by atoms with Gasteiger partial charge in [-0.05, 0) is 17.7 Å². The Hall–Kier alpha value is -1.89. The van der Waals surface area contributed by atoms with Gasteiger partial charge in [-0.3, -0.25) is 9.78 Å². The van der Waals surface area contributed by atoms with E-state index in [0.29, 0.717) is 6.54 Å². The molecule has 1 aromatic rings. The zero-order chi connectivity index (χ0) is 10.2. The third kappa shape index (κ3) is 3.68. The summed E-state index contributed by atoms with van der Waals surface area (Å²) in [4.78, 5) is 15.0. The van der Waals surface area contributed by atoms with E-state index in [4.69, 9.17) is 5.26 Å². The summed E-state index contributed by atoms with van der Waals surface area (Å²) in [7, 11) is 0. The van der Waals surface area contributed by atoms with Crippen LogP contribution in [0.25, 0.3) is 0 Å². The van der Waals surface area contributed by atoms with Crippen molar-refractivity contribution >= 4 is 5.91 Å². The molecular formula is C10H11N3O. The third-order valence-corrected chi connectivity index (χ3v) is 1.70. The van der Waals surface area contributed by atoms with Gasteiger partial charge in [-0.1, -0.05) is 0 Å². The lowest BCUT2D eigenvalue weighted by molar-refractivity contribution is -0.121. The second-order valence-corrected chi connectivity index (χ2v) is 2.79. The lowest BCUT2D eigenvalue weighted by Gasteiger charge is -2.02. The van der Waals surface area contributed by atoms with E-state index in [9.17, 15) is 4.79 Å². The highest BCUT2D eigenvalue weighted by Gasteiger charge is 1.99. The number of carbonyl (C=O) groups is 1. The van der Waals surface area contributed by atoms with Crippen LogP contribution < -0.4 is 5.32 Å². The van der Waals surface area contributed by atoms with Gasteiger partial charge in [0.05, 0.1) is 6.07 Å². The Morgan fingerprint density at radius 1 is 1.50 bits per heavy atom. The number of amides is 1. The van der Waals surface area contributed by atoms with Crippen LogP contribution in [0.5, 0.6) is 0 Å². The molecule has 0 saturated carbocycles. The molecule has 0 unspecified atom stereocenters. The molecule has 0 aliphatic rings. The van der Waals surface area contributed by atoms with E-state index in [-0.39, 0.29) is 18.7 Å². The van der Waals surface area contributed by atoms with Crippen LogP contribution in [0.15, 0.2) is 24.5 Å². The third-order valence-electron chi connectivity index (χ3n) is 1.70. The Balaban J connectivity index is 2.28. The number of aromatic nitrogens is 1. The van der Waals surface area contributed by atoms with Crippen molar-refractivity contribution in [2.24, 2.45) is 0 Å². The van der Waals surface area contributed by atoms with Crippen LogP contribution >= 0.6 is 0 Å². The van der Waals surface area contributed by atoms with Gasteiger partial charge in [0.25, 0.3) is 0 Å². The summed E-state index contributed by atoms with van der Waals surface area (Å²) in [5.41, 5.74) is 1.00. The predicted octanol–water partition coefficient (Wildman–Crippen LogP) is 1.00. The van der Waals surface area contributed by atoms with E-state index >= 15 is 0 Å². The Kier molecular flexibility index (Phi) is 4.15. The first-order chi connectivity index (χ1) is 6.83. The largest absolute Gasteiger partial charge is 0.352 e. The highest BCUT2D eigenvalue weighted by molar-refractivity contribution is 5.76. The molecule has 4 heteroatoms. The molecule has 0 spiro atoms. The maximum atomic E-state index is 11.1. The number of rotatable bonds is 4. The molecular weight excluding hydrogens is 178 g/mol. The SMILES string of the molecule is N#CCCC(=O)NCc1ccncc1. The van der Waals surface area contributed by atoms with Crippen LogP contribution in [0, 0.1) is 11.3 Å². The summed E-state index contributed by atoms with van der Waals surface area (Å²) in [5.74, 6) is -0.0941. The van der Waals surface area contributed by atoms with Gasteiger partial charge in [0.1, 0.15) is 0 Å². The maximum Gasteiger partial charge on any atom is 0.221 e. The highest BCUT2D eigenvalue weighted by atomic mass is 16.1. The first-order valence-electron chi connectivity index (χ1n) is 4.35. The second-order valence-electron chi connectivity index (χ2n) is 2.79. The van der Waals surface area contributed by atoms with Crippen molar-refractivity contribution in [1.29, 1.82) is 5.26 Å². The fourth-order valence-corrected chi connectivity index (χ4v) is 0.959. The molecule has 4 nitrogen and oxygen atoms in total. The van der Waals surface area contributed by atoms with E-state index in [0.717, 1.165) is 5.56 Å². The first kappa shape index (κ1) is 10.2. The van der Waals surface area contributed by atoms with Gasteiger partial charge in [-0.25, -0.2) is 0 Å². The van der Waals surface area contributed by atoms with Crippen LogP contribution in [-0.2, 0) is 11.3 Å². The number of hydrogen-bond donors (Lipinski definition) is 1. The molecule has 0 aliphatic heterocycles. The van der Waals surface area contributed by atoms with Gasteiger partial charge in [-0.15, -0.1) is 0 Å². The van der Waals surface area contributed by atoms with Gasteiger partial charge in [0.2, 0.25) is 5.91 Å². The molecule has 1 heterocycles. The molecule has 0 bridgehead atoms. The molecule has 1 aromatic heterocycles. The van der Waals surface area contributed by atoms with Crippen LogP contribution in [0.1, 0.15) is 18.4 Å².